The van der Waals surface area contributed by atoms with Gasteiger partial charge in [0.15, 0.2) is 0 Å². The van der Waals surface area contributed by atoms with Crippen molar-refractivity contribution in [3.63, 3.8) is 0 Å². The van der Waals surface area contributed by atoms with Crippen LogP contribution < -0.4 is 0 Å². The average Bonchev–Trinajstić information content (AvgIpc) is 3.08. The van der Waals surface area contributed by atoms with Crippen molar-refractivity contribution < 1.29 is 9.53 Å². The Morgan fingerprint density at radius 2 is 1.75 bits per heavy atom. The molecule has 8 atom stereocenters. The highest BCUT2D eigenvalue weighted by Crippen LogP contribution is 2.66. The first-order valence-electron chi connectivity index (χ1n) is 13.3. The fraction of sp³-hybridized carbons (Fsp3) is 0.767. The Morgan fingerprint density at radius 1 is 1.00 bits per heavy atom. The minimum Gasteiger partial charge on any atom is -0.462 e. The van der Waals surface area contributed by atoms with Crippen LogP contribution in [0.5, 0.6) is 0 Å². The molecule has 0 radical (unpaired) electrons. The second-order valence-electron chi connectivity index (χ2n) is 12.4. The largest absolute Gasteiger partial charge is 0.462 e. The summed E-state index contributed by atoms with van der Waals surface area (Å²) in [5, 5.41) is 0. The SMILES string of the molecule is CC(=O)O[C@H]1CC[C@@]2(C)C(=CC=C3[C@H]4CC[C@@H]([C@H](C)C=C[C@H](C)C(C)C)[C@@]4(C)CC[C@H]32)C1. The van der Waals surface area contributed by atoms with Gasteiger partial charge in [0.2, 0.25) is 0 Å². The van der Waals surface area contributed by atoms with E-state index in [2.05, 4.69) is 65.8 Å². The fourth-order valence-electron chi connectivity index (χ4n) is 7.92. The molecule has 0 saturated heterocycles. The zero-order chi connectivity index (χ0) is 23.3. The van der Waals surface area contributed by atoms with Crippen LogP contribution >= 0.6 is 0 Å². The third-order valence-corrected chi connectivity index (χ3v) is 10.3. The summed E-state index contributed by atoms with van der Waals surface area (Å²) in [6.07, 6.45) is 18.5. The van der Waals surface area contributed by atoms with Gasteiger partial charge in [-0.25, -0.2) is 0 Å². The van der Waals surface area contributed by atoms with E-state index in [1.54, 1.807) is 12.5 Å². The summed E-state index contributed by atoms with van der Waals surface area (Å²) >= 11 is 0. The molecule has 2 nitrogen and oxygen atoms in total. The molecule has 0 aromatic rings. The van der Waals surface area contributed by atoms with Crippen molar-refractivity contribution in [3.05, 3.63) is 35.5 Å². The molecule has 0 aliphatic heterocycles. The van der Waals surface area contributed by atoms with E-state index in [-0.39, 0.29) is 17.5 Å². The summed E-state index contributed by atoms with van der Waals surface area (Å²) in [7, 11) is 0. The molecule has 0 unspecified atom stereocenters. The smallest absolute Gasteiger partial charge is 0.302 e. The van der Waals surface area contributed by atoms with Crippen molar-refractivity contribution >= 4 is 5.97 Å². The Bertz CT molecular complexity index is 817. The van der Waals surface area contributed by atoms with E-state index in [0.717, 1.165) is 31.1 Å². The molecule has 0 N–H and O–H groups in total. The molecular formula is C30H46O2. The first-order chi connectivity index (χ1) is 15.1. The fourth-order valence-corrected chi connectivity index (χ4v) is 7.92. The highest BCUT2D eigenvalue weighted by atomic mass is 16.5. The highest BCUT2D eigenvalue weighted by molar-refractivity contribution is 5.66. The molecule has 4 aliphatic carbocycles. The summed E-state index contributed by atoms with van der Waals surface area (Å²) in [6.45, 7) is 16.1. The molecule has 0 aromatic carbocycles. The van der Waals surface area contributed by atoms with Crippen LogP contribution in [-0.4, -0.2) is 12.1 Å². The molecule has 0 heterocycles. The standard InChI is InChI=1S/C30H46O2/c1-19(2)20(3)8-9-21(4)26-12-13-27-25-11-10-23-18-24(32-22(5)31)14-16-29(23,6)28(25)15-17-30(26,27)7/h8-11,19-21,24,26-28H,12-18H2,1-7H3/t20-,21+,24-,26-,27+,28+,29-,30+/m0/s1. The van der Waals surface area contributed by atoms with Gasteiger partial charge in [-0.3, -0.25) is 4.79 Å². The lowest BCUT2D eigenvalue weighted by Crippen LogP contribution is -2.46. The van der Waals surface area contributed by atoms with Crippen molar-refractivity contribution in [2.75, 3.05) is 0 Å². The van der Waals surface area contributed by atoms with Crippen molar-refractivity contribution in [2.24, 2.45) is 46.3 Å². The van der Waals surface area contributed by atoms with Crippen LogP contribution in [-0.2, 0) is 9.53 Å². The van der Waals surface area contributed by atoms with E-state index in [9.17, 15) is 4.79 Å². The van der Waals surface area contributed by atoms with Gasteiger partial charge in [0.05, 0.1) is 0 Å². The van der Waals surface area contributed by atoms with Gasteiger partial charge in [-0.15, -0.1) is 0 Å². The number of allylic oxidation sites excluding steroid dienone is 5. The third-order valence-electron chi connectivity index (χ3n) is 10.3. The van der Waals surface area contributed by atoms with Crippen LogP contribution in [0.15, 0.2) is 35.5 Å². The van der Waals surface area contributed by atoms with Gasteiger partial charge in [-0.05, 0) is 84.9 Å². The Morgan fingerprint density at radius 3 is 2.44 bits per heavy atom. The molecule has 0 spiro atoms. The topological polar surface area (TPSA) is 26.3 Å². The van der Waals surface area contributed by atoms with E-state index in [4.69, 9.17) is 4.74 Å². The molecule has 0 aromatic heterocycles. The van der Waals surface area contributed by atoms with E-state index in [1.165, 1.54) is 31.3 Å². The van der Waals surface area contributed by atoms with Gasteiger partial charge in [0.25, 0.3) is 0 Å². The van der Waals surface area contributed by atoms with Gasteiger partial charge >= 0.3 is 5.97 Å². The summed E-state index contributed by atoms with van der Waals surface area (Å²) in [5.41, 5.74) is 3.98. The average molecular weight is 439 g/mol. The number of rotatable bonds is 5. The van der Waals surface area contributed by atoms with Crippen molar-refractivity contribution in [1.82, 2.24) is 0 Å². The van der Waals surface area contributed by atoms with Gasteiger partial charge in [-0.1, -0.05) is 77.0 Å². The van der Waals surface area contributed by atoms with Gasteiger partial charge < -0.3 is 4.74 Å². The molecule has 4 rings (SSSR count). The molecule has 178 valence electrons. The molecule has 0 bridgehead atoms. The zero-order valence-corrected chi connectivity index (χ0v) is 21.6. The first kappa shape index (κ1) is 23.8. The van der Waals surface area contributed by atoms with Crippen molar-refractivity contribution in [3.8, 4) is 0 Å². The number of carbonyl (C=O) groups excluding carboxylic acids is 1. The number of hydrogen-bond acceptors (Lipinski definition) is 2. The molecular weight excluding hydrogens is 392 g/mol. The quantitative estimate of drug-likeness (QED) is 0.322. The molecule has 32 heavy (non-hydrogen) atoms. The maximum Gasteiger partial charge on any atom is 0.302 e. The summed E-state index contributed by atoms with van der Waals surface area (Å²) in [4.78, 5) is 11.5. The molecule has 4 aliphatic rings. The van der Waals surface area contributed by atoms with Gasteiger partial charge in [0.1, 0.15) is 6.10 Å². The maximum atomic E-state index is 11.5. The Labute approximate surface area is 197 Å². The monoisotopic (exact) mass is 438 g/mol. The number of carbonyl (C=O) groups is 1. The van der Waals surface area contributed by atoms with Gasteiger partial charge in [0, 0.05) is 13.3 Å². The second kappa shape index (κ2) is 8.80. The van der Waals surface area contributed by atoms with Crippen LogP contribution in [0.4, 0.5) is 0 Å². The lowest BCUT2D eigenvalue weighted by molar-refractivity contribution is -0.148. The van der Waals surface area contributed by atoms with E-state index >= 15 is 0 Å². The number of ether oxygens (including phenoxy) is 1. The molecule has 3 saturated carbocycles. The molecule has 2 heteroatoms. The number of esters is 1. The molecule has 3 fully saturated rings. The lowest BCUT2D eigenvalue weighted by atomic mass is 9.50. The van der Waals surface area contributed by atoms with E-state index in [1.807, 2.05) is 0 Å². The summed E-state index contributed by atoms with van der Waals surface area (Å²) < 4.78 is 5.59. The lowest BCUT2D eigenvalue weighted by Gasteiger charge is -2.55. The Hall–Kier alpha value is -1.31. The predicted molar refractivity (Wildman–Crippen MR) is 133 cm³/mol. The summed E-state index contributed by atoms with van der Waals surface area (Å²) in [6, 6.07) is 0. The van der Waals surface area contributed by atoms with E-state index in [0.29, 0.717) is 29.1 Å². The van der Waals surface area contributed by atoms with Crippen molar-refractivity contribution in [2.45, 2.75) is 99.5 Å². The van der Waals surface area contributed by atoms with Crippen LogP contribution in [0.25, 0.3) is 0 Å². The van der Waals surface area contributed by atoms with E-state index < -0.39 is 0 Å². The number of fused-ring (bicyclic) bond motifs is 5. The minimum absolute atomic E-state index is 0.0763. The minimum atomic E-state index is -0.136. The Balaban J connectivity index is 1.54. The Kier molecular flexibility index (Phi) is 6.56. The second-order valence-corrected chi connectivity index (χ2v) is 12.4. The zero-order valence-electron chi connectivity index (χ0n) is 21.6. The van der Waals surface area contributed by atoms with Crippen LogP contribution in [0.2, 0.25) is 0 Å². The van der Waals surface area contributed by atoms with Crippen LogP contribution in [0, 0.1) is 46.3 Å². The predicted octanol–water partition coefficient (Wildman–Crippen LogP) is 7.90. The third kappa shape index (κ3) is 4.05. The summed E-state index contributed by atoms with van der Waals surface area (Å²) in [5.74, 6) is 4.11. The molecule has 0 amide bonds. The normalized spacial score (nSPS) is 40.8. The van der Waals surface area contributed by atoms with Crippen LogP contribution in [0.3, 0.4) is 0 Å². The highest BCUT2D eigenvalue weighted by Gasteiger charge is 2.56. The van der Waals surface area contributed by atoms with Crippen molar-refractivity contribution in [1.29, 1.82) is 0 Å². The number of hydrogen-bond donors (Lipinski definition) is 0. The first-order valence-corrected chi connectivity index (χ1v) is 13.3. The van der Waals surface area contributed by atoms with Gasteiger partial charge in [-0.2, -0.15) is 0 Å². The maximum absolute atomic E-state index is 11.5. The van der Waals surface area contributed by atoms with Crippen LogP contribution in [0.1, 0.15) is 93.4 Å².